The van der Waals surface area contributed by atoms with Crippen molar-refractivity contribution in [3.05, 3.63) is 24.2 Å². The van der Waals surface area contributed by atoms with Gasteiger partial charge in [0, 0.05) is 5.33 Å². The van der Waals surface area contributed by atoms with Gasteiger partial charge in [-0.2, -0.15) is 0 Å². The Hall–Kier alpha value is -0.770. The molecule has 1 aromatic heterocycles. The van der Waals surface area contributed by atoms with Gasteiger partial charge in [0.1, 0.15) is 0 Å². The van der Waals surface area contributed by atoms with Gasteiger partial charge in [-0.25, -0.2) is 0 Å². The third kappa shape index (κ3) is 2.25. The van der Waals surface area contributed by atoms with Crippen molar-refractivity contribution in [3.63, 3.8) is 0 Å². The SMILES string of the molecule is O=C(NC1(CBr)CCCC1)c1ccco1. The van der Waals surface area contributed by atoms with Crippen LogP contribution in [0.4, 0.5) is 0 Å². The Morgan fingerprint density at radius 3 is 2.80 bits per heavy atom. The molecule has 15 heavy (non-hydrogen) atoms. The first-order valence-corrected chi connectivity index (χ1v) is 6.30. The summed E-state index contributed by atoms with van der Waals surface area (Å²) >= 11 is 3.48. The van der Waals surface area contributed by atoms with E-state index in [0.717, 1.165) is 18.2 Å². The average molecular weight is 272 g/mol. The maximum Gasteiger partial charge on any atom is 0.287 e. The van der Waals surface area contributed by atoms with Crippen LogP contribution < -0.4 is 5.32 Å². The number of carbonyl (C=O) groups excluding carboxylic acids is 1. The maximum absolute atomic E-state index is 11.8. The fourth-order valence-electron chi connectivity index (χ4n) is 2.05. The van der Waals surface area contributed by atoms with Crippen molar-refractivity contribution >= 4 is 21.8 Å². The molecule has 1 aliphatic rings. The van der Waals surface area contributed by atoms with Gasteiger partial charge in [-0.15, -0.1) is 0 Å². The Balaban J connectivity index is 2.04. The highest BCUT2D eigenvalue weighted by Gasteiger charge is 2.34. The summed E-state index contributed by atoms with van der Waals surface area (Å²) in [5, 5.41) is 3.88. The lowest BCUT2D eigenvalue weighted by Gasteiger charge is -2.27. The number of amides is 1. The Kier molecular flexibility index (Phi) is 3.14. The van der Waals surface area contributed by atoms with Crippen LogP contribution in [-0.4, -0.2) is 16.8 Å². The molecule has 1 fully saturated rings. The highest BCUT2D eigenvalue weighted by Crippen LogP contribution is 2.31. The fourth-order valence-corrected chi connectivity index (χ4v) is 2.75. The number of nitrogens with one attached hydrogen (secondary N) is 1. The van der Waals surface area contributed by atoms with Crippen LogP contribution >= 0.6 is 15.9 Å². The lowest BCUT2D eigenvalue weighted by molar-refractivity contribution is 0.0882. The molecule has 1 amide bonds. The summed E-state index contributed by atoms with van der Waals surface area (Å²) in [5.74, 6) is 0.281. The Labute approximate surface area is 97.4 Å². The van der Waals surface area contributed by atoms with E-state index >= 15 is 0 Å². The fraction of sp³-hybridized carbons (Fsp3) is 0.545. The number of hydrogen-bond acceptors (Lipinski definition) is 2. The van der Waals surface area contributed by atoms with E-state index in [9.17, 15) is 4.79 Å². The molecule has 82 valence electrons. The van der Waals surface area contributed by atoms with E-state index in [1.54, 1.807) is 12.1 Å². The topological polar surface area (TPSA) is 42.2 Å². The van der Waals surface area contributed by atoms with E-state index in [4.69, 9.17) is 4.42 Å². The summed E-state index contributed by atoms with van der Waals surface area (Å²) in [4.78, 5) is 11.8. The number of halogens is 1. The van der Waals surface area contributed by atoms with Crippen molar-refractivity contribution in [2.24, 2.45) is 0 Å². The molecule has 0 spiro atoms. The van der Waals surface area contributed by atoms with Gasteiger partial charge in [0.05, 0.1) is 11.8 Å². The second-order valence-electron chi connectivity index (χ2n) is 4.05. The molecule has 2 rings (SSSR count). The minimum atomic E-state index is -0.110. The van der Waals surface area contributed by atoms with Crippen LogP contribution in [0.5, 0.6) is 0 Å². The molecule has 3 nitrogen and oxygen atoms in total. The number of rotatable bonds is 3. The first-order valence-electron chi connectivity index (χ1n) is 5.18. The minimum absolute atomic E-state index is 0.0656. The first kappa shape index (κ1) is 10.7. The smallest absolute Gasteiger partial charge is 0.287 e. The molecule has 1 heterocycles. The number of alkyl halides is 1. The molecule has 0 bridgehead atoms. The zero-order chi connectivity index (χ0) is 10.7. The third-order valence-electron chi connectivity index (χ3n) is 2.94. The van der Waals surface area contributed by atoms with Gasteiger partial charge in [-0.1, -0.05) is 28.8 Å². The second kappa shape index (κ2) is 4.39. The van der Waals surface area contributed by atoms with Crippen LogP contribution in [-0.2, 0) is 0 Å². The third-order valence-corrected chi connectivity index (χ3v) is 4.01. The number of furan rings is 1. The lowest BCUT2D eigenvalue weighted by atomic mass is 10.0. The standard InChI is InChI=1S/C11H14BrNO2/c12-8-11(5-1-2-6-11)13-10(14)9-4-3-7-15-9/h3-4,7H,1-2,5-6,8H2,(H,13,14). The van der Waals surface area contributed by atoms with Gasteiger partial charge in [0.2, 0.25) is 0 Å². The second-order valence-corrected chi connectivity index (χ2v) is 4.61. The van der Waals surface area contributed by atoms with Crippen molar-refractivity contribution < 1.29 is 9.21 Å². The Morgan fingerprint density at radius 1 is 1.53 bits per heavy atom. The molecular formula is C11H14BrNO2. The van der Waals surface area contributed by atoms with E-state index < -0.39 is 0 Å². The maximum atomic E-state index is 11.8. The number of hydrogen-bond donors (Lipinski definition) is 1. The van der Waals surface area contributed by atoms with Gasteiger partial charge in [0.15, 0.2) is 5.76 Å². The quantitative estimate of drug-likeness (QED) is 0.859. The summed E-state index contributed by atoms with van der Waals surface area (Å²) in [6, 6.07) is 3.41. The molecule has 1 saturated carbocycles. The molecule has 1 aromatic rings. The van der Waals surface area contributed by atoms with Gasteiger partial charge in [0.25, 0.3) is 5.91 Å². The molecule has 0 aliphatic heterocycles. The van der Waals surface area contributed by atoms with Crippen LogP contribution in [0.3, 0.4) is 0 Å². The minimum Gasteiger partial charge on any atom is -0.459 e. The molecule has 0 radical (unpaired) electrons. The summed E-state index contributed by atoms with van der Waals surface area (Å²) in [6.45, 7) is 0. The van der Waals surface area contributed by atoms with Gasteiger partial charge in [-0.05, 0) is 25.0 Å². The summed E-state index contributed by atoms with van der Waals surface area (Å²) < 4.78 is 5.07. The molecule has 0 aromatic carbocycles. The Morgan fingerprint density at radius 2 is 2.27 bits per heavy atom. The predicted molar refractivity (Wildman–Crippen MR) is 61.2 cm³/mol. The highest BCUT2D eigenvalue weighted by atomic mass is 79.9. The van der Waals surface area contributed by atoms with Crippen LogP contribution in [0, 0.1) is 0 Å². The van der Waals surface area contributed by atoms with Crippen molar-refractivity contribution in [1.29, 1.82) is 0 Å². The predicted octanol–water partition coefficient (Wildman–Crippen LogP) is 2.72. The van der Waals surface area contributed by atoms with Gasteiger partial charge in [-0.3, -0.25) is 4.79 Å². The summed E-state index contributed by atoms with van der Waals surface area (Å²) in [5.41, 5.74) is -0.0656. The van der Waals surface area contributed by atoms with E-state index in [-0.39, 0.29) is 11.4 Å². The molecular weight excluding hydrogens is 258 g/mol. The molecule has 1 aliphatic carbocycles. The lowest BCUT2D eigenvalue weighted by Crippen LogP contribution is -2.47. The van der Waals surface area contributed by atoms with Crippen LogP contribution in [0.15, 0.2) is 22.8 Å². The zero-order valence-electron chi connectivity index (χ0n) is 8.46. The first-order chi connectivity index (χ1) is 7.26. The normalized spacial score (nSPS) is 19.0. The van der Waals surface area contributed by atoms with Crippen molar-refractivity contribution in [2.45, 2.75) is 31.2 Å². The molecule has 0 unspecified atom stereocenters. The van der Waals surface area contributed by atoms with E-state index in [1.807, 2.05) is 0 Å². The van der Waals surface area contributed by atoms with Crippen LogP contribution in [0.25, 0.3) is 0 Å². The average Bonchev–Trinajstić information content (AvgIpc) is 2.88. The van der Waals surface area contributed by atoms with Crippen molar-refractivity contribution in [3.8, 4) is 0 Å². The van der Waals surface area contributed by atoms with E-state index in [2.05, 4.69) is 21.2 Å². The molecule has 0 atom stereocenters. The van der Waals surface area contributed by atoms with Crippen LogP contribution in [0.1, 0.15) is 36.2 Å². The molecule has 0 saturated heterocycles. The molecule has 1 N–H and O–H groups in total. The zero-order valence-corrected chi connectivity index (χ0v) is 10.0. The molecule has 4 heteroatoms. The van der Waals surface area contributed by atoms with Crippen molar-refractivity contribution in [1.82, 2.24) is 5.32 Å². The van der Waals surface area contributed by atoms with E-state index in [1.165, 1.54) is 19.1 Å². The van der Waals surface area contributed by atoms with Crippen LogP contribution in [0.2, 0.25) is 0 Å². The van der Waals surface area contributed by atoms with Gasteiger partial charge < -0.3 is 9.73 Å². The monoisotopic (exact) mass is 271 g/mol. The van der Waals surface area contributed by atoms with E-state index in [0.29, 0.717) is 5.76 Å². The van der Waals surface area contributed by atoms with Crippen molar-refractivity contribution in [2.75, 3.05) is 5.33 Å². The van der Waals surface area contributed by atoms with Gasteiger partial charge >= 0.3 is 0 Å². The largest absolute Gasteiger partial charge is 0.459 e. The highest BCUT2D eigenvalue weighted by molar-refractivity contribution is 9.09. The summed E-state index contributed by atoms with van der Waals surface area (Å²) in [7, 11) is 0. The summed E-state index contributed by atoms with van der Waals surface area (Å²) in [6.07, 6.45) is 5.98. The Bertz CT molecular complexity index is 328. The number of carbonyl (C=O) groups is 1.